The molecule has 108 valence electrons. The molecule has 0 radical (unpaired) electrons. The van der Waals surface area contributed by atoms with E-state index < -0.39 is 6.04 Å². The van der Waals surface area contributed by atoms with Gasteiger partial charge in [-0.25, -0.2) is 0 Å². The van der Waals surface area contributed by atoms with E-state index in [0.29, 0.717) is 13.0 Å². The number of hydrogen-bond donors (Lipinski definition) is 2. The van der Waals surface area contributed by atoms with Gasteiger partial charge in [-0.1, -0.05) is 50.6 Å². The van der Waals surface area contributed by atoms with Gasteiger partial charge in [-0.15, -0.1) is 12.4 Å². The lowest BCUT2D eigenvalue weighted by Crippen LogP contribution is -2.48. The summed E-state index contributed by atoms with van der Waals surface area (Å²) in [5.41, 5.74) is 6.67. The highest BCUT2D eigenvalue weighted by Gasteiger charge is 2.26. The number of benzene rings is 1. The highest BCUT2D eigenvalue weighted by molar-refractivity contribution is 6.31. The summed E-state index contributed by atoms with van der Waals surface area (Å²) >= 11 is 6.04. The van der Waals surface area contributed by atoms with Gasteiger partial charge in [-0.3, -0.25) is 4.79 Å². The molecule has 1 aromatic rings. The molecule has 0 aliphatic heterocycles. The maximum Gasteiger partial charge on any atom is 0.237 e. The first kappa shape index (κ1) is 18.2. The summed E-state index contributed by atoms with van der Waals surface area (Å²) in [4.78, 5) is 11.8. The molecular formula is C14H22Cl2N2O. The van der Waals surface area contributed by atoms with E-state index in [0.717, 1.165) is 10.6 Å². The van der Waals surface area contributed by atoms with Crippen molar-refractivity contribution in [3.05, 3.63) is 34.9 Å². The van der Waals surface area contributed by atoms with Crippen LogP contribution in [0.1, 0.15) is 26.3 Å². The molecule has 3 nitrogen and oxygen atoms in total. The van der Waals surface area contributed by atoms with E-state index in [4.69, 9.17) is 17.3 Å². The molecule has 0 unspecified atom stereocenters. The Hall–Kier alpha value is -0.770. The Balaban J connectivity index is 0.00000324. The van der Waals surface area contributed by atoms with Gasteiger partial charge in [0.2, 0.25) is 5.91 Å². The van der Waals surface area contributed by atoms with Crippen LogP contribution >= 0.6 is 24.0 Å². The fourth-order valence-corrected chi connectivity index (χ4v) is 1.75. The molecule has 0 aliphatic rings. The van der Waals surface area contributed by atoms with Crippen LogP contribution in [0, 0.1) is 5.41 Å². The van der Waals surface area contributed by atoms with Crippen LogP contribution in [-0.4, -0.2) is 18.5 Å². The monoisotopic (exact) mass is 304 g/mol. The second-order valence-electron chi connectivity index (χ2n) is 5.48. The van der Waals surface area contributed by atoms with Gasteiger partial charge in [0, 0.05) is 11.6 Å². The molecule has 0 bridgehead atoms. The van der Waals surface area contributed by atoms with E-state index in [9.17, 15) is 4.79 Å². The molecule has 0 spiro atoms. The molecule has 1 aromatic carbocycles. The van der Waals surface area contributed by atoms with Crippen molar-refractivity contribution in [2.24, 2.45) is 11.1 Å². The van der Waals surface area contributed by atoms with Crippen molar-refractivity contribution >= 4 is 29.9 Å². The van der Waals surface area contributed by atoms with Crippen molar-refractivity contribution in [2.45, 2.75) is 33.2 Å². The Labute approximate surface area is 126 Å². The third-order valence-electron chi connectivity index (χ3n) is 2.87. The molecule has 0 aliphatic carbocycles. The van der Waals surface area contributed by atoms with E-state index in [2.05, 4.69) is 5.32 Å². The summed E-state index contributed by atoms with van der Waals surface area (Å²) in [7, 11) is 0. The summed E-state index contributed by atoms with van der Waals surface area (Å²) in [6.07, 6.45) is 0.711. The Morgan fingerprint density at radius 3 is 2.47 bits per heavy atom. The SMILES string of the molecule is CC(C)(C)[C@H](N)C(=O)NCCc1ccccc1Cl.Cl. The van der Waals surface area contributed by atoms with E-state index in [1.807, 2.05) is 45.0 Å². The van der Waals surface area contributed by atoms with Gasteiger partial charge >= 0.3 is 0 Å². The fraction of sp³-hybridized carbons (Fsp3) is 0.500. The van der Waals surface area contributed by atoms with Gasteiger partial charge < -0.3 is 11.1 Å². The van der Waals surface area contributed by atoms with E-state index >= 15 is 0 Å². The lowest BCUT2D eigenvalue weighted by Gasteiger charge is -2.25. The Morgan fingerprint density at radius 2 is 1.95 bits per heavy atom. The van der Waals surface area contributed by atoms with Gasteiger partial charge in [0.1, 0.15) is 0 Å². The molecule has 19 heavy (non-hydrogen) atoms. The summed E-state index contributed by atoms with van der Waals surface area (Å²) in [5, 5.41) is 3.57. The Morgan fingerprint density at radius 1 is 1.37 bits per heavy atom. The van der Waals surface area contributed by atoms with Crippen molar-refractivity contribution in [2.75, 3.05) is 6.54 Å². The van der Waals surface area contributed by atoms with Crippen LogP contribution in [0.25, 0.3) is 0 Å². The Kier molecular flexibility index (Phi) is 7.42. The first-order valence-electron chi connectivity index (χ1n) is 6.09. The summed E-state index contributed by atoms with van der Waals surface area (Å²) in [6.45, 7) is 6.40. The van der Waals surface area contributed by atoms with Crippen LogP contribution in [0.3, 0.4) is 0 Å². The third-order valence-corrected chi connectivity index (χ3v) is 3.24. The number of halogens is 2. The van der Waals surface area contributed by atoms with Gasteiger partial charge in [-0.2, -0.15) is 0 Å². The molecular weight excluding hydrogens is 283 g/mol. The molecule has 3 N–H and O–H groups in total. The summed E-state index contributed by atoms with van der Waals surface area (Å²) in [6, 6.07) is 7.13. The predicted octanol–water partition coefficient (Wildman–Crippen LogP) is 2.79. The number of amides is 1. The van der Waals surface area contributed by atoms with Gasteiger partial charge in [-0.05, 0) is 23.5 Å². The van der Waals surface area contributed by atoms with E-state index in [-0.39, 0.29) is 23.7 Å². The van der Waals surface area contributed by atoms with E-state index in [1.54, 1.807) is 0 Å². The zero-order valence-corrected chi connectivity index (χ0v) is 13.1. The zero-order valence-electron chi connectivity index (χ0n) is 11.6. The van der Waals surface area contributed by atoms with Crippen LogP contribution in [0.5, 0.6) is 0 Å². The first-order valence-corrected chi connectivity index (χ1v) is 6.47. The second-order valence-corrected chi connectivity index (χ2v) is 5.88. The minimum absolute atomic E-state index is 0. The molecule has 1 rings (SSSR count). The minimum atomic E-state index is -0.497. The average molecular weight is 305 g/mol. The predicted molar refractivity (Wildman–Crippen MR) is 82.8 cm³/mol. The van der Waals surface area contributed by atoms with Crippen molar-refractivity contribution in [3.8, 4) is 0 Å². The molecule has 0 heterocycles. The van der Waals surface area contributed by atoms with Crippen molar-refractivity contribution < 1.29 is 4.79 Å². The maximum atomic E-state index is 11.8. The number of rotatable bonds is 4. The van der Waals surface area contributed by atoms with E-state index in [1.165, 1.54) is 0 Å². The van der Waals surface area contributed by atoms with Crippen LogP contribution in [0.2, 0.25) is 5.02 Å². The lowest BCUT2D eigenvalue weighted by atomic mass is 9.87. The molecule has 1 atom stereocenters. The number of nitrogens with one attached hydrogen (secondary N) is 1. The number of nitrogens with two attached hydrogens (primary N) is 1. The quantitative estimate of drug-likeness (QED) is 0.898. The summed E-state index contributed by atoms with van der Waals surface area (Å²) < 4.78 is 0. The Bertz CT molecular complexity index is 416. The largest absolute Gasteiger partial charge is 0.354 e. The molecule has 5 heteroatoms. The van der Waals surface area contributed by atoms with Crippen LogP contribution < -0.4 is 11.1 Å². The van der Waals surface area contributed by atoms with Gasteiger partial charge in [0.05, 0.1) is 6.04 Å². The second kappa shape index (κ2) is 7.73. The van der Waals surface area contributed by atoms with Gasteiger partial charge in [0.15, 0.2) is 0 Å². The number of carbonyl (C=O) groups excluding carboxylic acids is 1. The molecule has 0 aromatic heterocycles. The average Bonchev–Trinajstić information content (AvgIpc) is 2.29. The highest BCUT2D eigenvalue weighted by Crippen LogP contribution is 2.17. The smallest absolute Gasteiger partial charge is 0.237 e. The van der Waals surface area contributed by atoms with Crippen molar-refractivity contribution in [3.63, 3.8) is 0 Å². The van der Waals surface area contributed by atoms with Crippen molar-refractivity contribution in [1.82, 2.24) is 5.32 Å². The zero-order chi connectivity index (χ0) is 13.8. The molecule has 0 fully saturated rings. The molecule has 0 saturated carbocycles. The third kappa shape index (κ3) is 5.81. The first-order chi connectivity index (χ1) is 8.32. The standard InChI is InChI=1S/C14H21ClN2O.ClH/c1-14(2,3)12(16)13(18)17-9-8-10-6-4-5-7-11(10)15;/h4-7,12H,8-9,16H2,1-3H3,(H,17,18);1H/t12-;/m1./s1. The lowest BCUT2D eigenvalue weighted by molar-refractivity contribution is -0.124. The maximum absolute atomic E-state index is 11.8. The number of hydrogen-bond acceptors (Lipinski definition) is 2. The van der Waals surface area contributed by atoms with Crippen LogP contribution in [0.4, 0.5) is 0 Å². The van der Waals surface area contributed by atoms with Crippen LogP contribution in [0.15, 0.2) is 24.3 Å². The number of carbonyl (C=O) groups is 1. The fourth-order valence-electron chi connectivity index (χ4n) is 1.52. The molecule has 0 saturated heterocycles. The highest BCUT2D eigenvalue weighted by atomic mass is 35.5. The normalized spacial score (nSPS) is 12.5. The topological polar surface area (TPSA) is 55.1 Å². The van der Waals surface area contributed by atoms with Crippen LogP contribution in [-0.2, 0) is 11.2 Å². The minimum Gasteiger partial charge on any atom is -0.354 e. The summed E-state index contributed by atoms with van der Waals surface area (Å²) in [5.74, 6) is -0.116. The van der Waals surface area contributed by atoms with Gasteiger partial charge in [0.25, 0.3) is 0 Å². The molecule has 1 amide bonds. The van der Waals surface area contributed by atoms with Crippen molar-refractivity contribution in [1.29, 1.82) is 0 Å².